The molecule has 2 aliphatic carbocycles. The number of carboxylic acid groups (broad SMARTS) is 1. The summed E-state index contributed by atoms with van der Waals surface area (Å²) in [5.41, 5.74) is 3.01. The average Bonchev–Trinajstić information content (AvgIpc) is 3.65. The summed E-state index contributed by atoms with van der Waals surface area (Å²) in [5, 5.41) is 15.7. The van der Waals surface area contributed by atoms with Gasteiger partial charge in [-0.15, -0.1) is 0 Å². The molecule has 4 atom stereocenters. The number of carboxylic acids is 1. The number of ether oxygens (including phenoxy) is 3. The normalized spacial score (nSPS) is 27.9. The Bertz CT molecular complexity index is 1380. The molecule has 4 aliphatic rings. The van der Waals surface area contributed by atoms with Crippen LogP contribution in [0.2, 0.25) is 0 Å². The van der Waals surface area contributed by atoms with Crippen LogP contribution in [0, 0.1) is 0 Å². The molecular weight excluding hydrogens is 492 g/mol. The molecule has 1 saturated carbocycles. The van der Waals surface area contributed by atoms with Gasteiger partial charge in [-0.1, -0.05) is 43.5 Å². The lowest BCUT2D eigenvalue weighted by molar-refractivity contribution is -0.214. The van der Waals surface area contributed by atoms with Gasteiger partial charge < -0.3 is 24.6 Å². The number of amides is 2. The lowest BCUT2D eigenvalue weighted by atomic mass is 9.96. The summed E-state index contributed by atoms with van der Waals surface area (Å²) in [6.07, 6.45) is 5.68. The fraction of sp³-hybridized carbons (Fsp3) is 0.500. The highest BCUT2D eigenvalue weighted by molar-refractivity contribution is 5.96. The summed E-state index contributed by atoms with van der Waals surface area (Å²) in [4.78, 5) is 37.8. The Hall–Kier alpha value is -3.61. The first-order valence-corrected chi connectivity index (χ1v) is 13.1. The third kappa shape index (κ3) is 3.91. The molecule has 1 unspecified atom stereocenters. The number of imidazole rings is 1. The van der Waals surface area contributed by atoms with Crippen LogP contribution in [0.4, 0.5) is 10.6 Å². The van der Waals surface area contributed by atoms with Crippen LogP contribution in [0.15, 0.2) is 36.9 Å². The number of fused-ring (bicyclic) bond motifs is 3. The van der Waals surface area contributed by atoms with Crippen LogP contribution in [-0.2, 0) is 31.8 Å². The number of aromatic nitrogens is 4. The van der Waals surface area contributed by atoms with Crippen LogP contribution in [0.1, 0.15) is 49.5 Å². The first-order valence-electron chi connectivity index (χ1n) is 13.1. The smallest absolute Gasteiger partial charge is 0.335 e. The summed E-state index contributed by atoms with van der Waals surface area (Å²) in [5.74, 6) is -1.80. The fourth-order valence-corrected chi connectivity index (χ4v) is 6.26. The van der Waals surface area contributed by atoms with Crippen LogP contribution < -0.4 is 10.6 Å². The molecule has 7 rings (SSSR count). The van der Waals surface area contributed by atoms with Gasteiger partial charge >= 0.3 is 12.0 Å². The van der Waals surface area contributed by atoms with E-state index in [2.05, 4.69) is 25.6 Å². The molecule has 1 spiro atoms. The number of rotatable bonds is 4. The van der Waals surface area contributed by atoms with Gasteiger partial charge in [-0.25, -0.2) is 24.5 Å². The number of urea groups is 1. The number of benzene rings is 1. The van der Waals surface area contributed by atoms with Crippen LogP contribution in [-0.4, -0.2) is 66.8 Å². The molecule has 12 heteroatoms. The lowest BCUT2D eigenvalue weighted by Gasteiger charge is -2.26. The summed E-state index contributed by atoms with van der Waals surface area (Å²) in [7, 11) is 0. The topological polar surface area (TPSA) is 150 Å². The predicted molar refractivity (Wildman–Crippen MR) is 132 cm³/mol. The highest BCUT2D eigenvalue weighted by atomic mass is 16.8. The van der Waals surface area contributed by atoms with Crippen molar-refractivity contribution < 1.29 is 28.9 Å². The van der Waals surface area contributed by atoms with Crippen molar-refractivity contribution in [2.45, 2.75) is 81.3 Å². The number of anilines is 1. The molecule has 1 aromatic carbocycles. The van der Waals surface area contributed by atoms with Gasteiger partial charge in [-0.2, -0.15) is 0 Å². The van der Waals surface area contributed by atoms with Crippen LogP contribution in [0.25, 0.3) is 11.2 Å². The molecule has 3 aromatic rings. The van der Waals surface area contributed by atoms with E-state index in [0.29, 0.717) is 24.0 Å². The molecule has 0 bridgehead atoms. The number of nitrogens with one attached hydrogen (secondary N) is 2. The first-order chi connectivity index (χ1) is 18.5. The molecule has 38 heavy (non-hydrogen) atoms. The third-order valence-electron chi connectivity index (χ3n) is 7.98. The van der Waals surface area contributed by atoms with E-state index >= 15 is 0 Å². The largest absolute Gasteiger partial charge is 0.479 e. The zero-order chi connectivity index (χ0) is 25.9. The second kappa shape index (κ2) is 9.00. The number of hydrogen-bond donors (Lipinski definition) is 3. The molecule has 198 valence electrons. The molecule has 2 amide bonds. The van der Waals surface area contributed by atoms with Crippen molar-refractivity contribution in [2.75, 3.05) is 5.32 Å². The van der Waals surface area contributed by atoms with Gasteiger partial charge in [0.25, 0.3) is 0 Å². The summed E-state index contributed by atoms with van der Waals surface area (Å²) in [6.45, 7) is 0. The summed E-state index contributed by atoms with van der Waals surface area (Å²) in [6, 6.07) is 7.81. The van der Waals surface area contributed by atoms with Gasteiger partial charge in [0.05, 0.1) is 6.33 Å². The second-order valence-electron chi connectivity index (χ2n) is 10.5. The predicted octanol–water partition coefficient (Wildman–Crippen LogP) is 2.54. The van der Waals surface area contributed by atoms with Crippen molar-refractivity contribution in [3.63, 3.8) is 0 Å². The third-order valence-corrected chi connectivity index (χ3v) is 7.98. The van der Waals surface area contributed by atoms with Crippen LogP contribution in [0.5, 0.6) is 0 Å². The molecule has 3 N–H and O–H groups in total. The van der Waals surface area contributed by atoms with Crippen molar-refractivity contribution in [1.82, 2.24) is 24.8 Å². The quantitative estimate of drug-likeness (QED) is 0.472. The number of carbonyl (C=O) groups is 2. The maximum atomic E-state index is 12.6. The van der Waals surface area contributed by atoms with Crippen molar-refractivity contribution >= 4 is 29.0 Å². The van der Waals surface area contributed by atoms with E-state index in [-0.39, 0.29) is 17.9 Å². The number of aliphatic carboxylic acids is 1. The van der Waals surface area contributed by atoms with Gasteiger partial charge in [0.2, 0.25) is 0 Å². The summed E-state index contributed by atoms with van der Waals surface area (Å²) >= 11 is 0. The molecule has 2 aliphatic heterocycles. The highest BCUT2D eigenvalue weighted by Gasteiger charge is 2.62. The maximum Gasteiger partial charge on any atom is 0.335 e. The molecule has 3 fully saturated rings. The van der Waals surface area contributed by atoms with E-state index in [0.717, 1.165) is 36.8 Å². The zero-order valence-corrected chi connectivity index (χ0v) is 20.6. The maximum absolute atomic E-state index is 12.6. The Morgan fingerprint density at radius 1 is 1.00 bits per heavy atom. The van der Waals surface area contributed by atoms with Crippen LogP contribution in [0.3, 0.4) is 0 Å². The Labute approximate surface area is 217 Å². The number of hydrogen-bond acceptors (Lipinski definition) is 8. The van der Waals surface area contributed by atoms with E-state index in [1.54, 1.807) is 4.57 Å². The van der Waals surface area contributed by atoms with Crippen molar-refractivity contribution in [1.29, 1.82) is 0 Å². The number of nitrogens with zero attached hydrogens (tertiary/aromatic N) is 4. The Balaban J connectivity index is 1.15. The standard InChI is InChI=1S/C26H28N6O6/c33-24(34)20-18-19(38-26(37-18)10-14-6-4-5-7-15(14)11-26)23(36-20)32-13-29-17-21(27-12-28-22(17)32)31-25(35)30-16-8-2-1-3-9-16/h4-7,12-13,16,18-20,23H,1-3,8-11H2,(H,33,34)(H2,27,28,30,31,35)/t18?,19-,20-,23+/m0/s1. The lowest BCUT2D eigenvalue weighted by Crippen LogP contribution is -2.39. The number of carbonyl (C=O) groups excluding carboxylic acids is 1. The SMILES string of the molecule is O=C(Nc1ncnc2c1ncn2[C@@H]1O[C@H](C(=O)O)C2OC3(Cc4ccccc4C3)O[C@@H]21)NC1CCCCC1. The zero-order valence-electron chi connectivity index (χ0n) is 20.6. The van der Waals surface area contributed by atoms with Gasteiger partial charge in [-0.3, -0.25) is 9.88 Å². The minimum absolute atomic E-state index is 0.143. The Morgan fingerprint density at radius 2 is 1.74 bits per heavy atom. The van der Waals surface area contributed by atoms with E-state index in [1.807, 2.05) is 24.3 Å². The van der Waals surface area contributed by atoms with Crippen molar-refractivity contribution in [3.8, 4) is 0 Å². The monoisotopic (exact) mass is 520 g/mol. The van der Waals surface area contributed by atoms with Gasteiger partial charge in [0.1, 0.15) is 18.5 Å². The highest BCUT2D eigenvalue weighted by Crippen LogP contribution is 2.48. The molecule has 2 saturated heterocycles. The van der Waals surface area contributed by atoms with Gasteiger partial charge in [0, 0.05) is 18.9 Å². The molecular formula is C26H28N6O6. The fourth-order valence-electron chi connectivity index (χ4n) is 6.26. The molecule has 0 radical (unpaired) electrons. The van der Waals surface area contributed by atoms with E-state index in [9.17, 15) is 14.7 Å². The average molecular weight is 521 g/mol. The van der Waals surface area contributed by atoms with Gasteiger partial charge in [-0.05, 0) is 24.0 Å². The van der Waals surface area contributed by atoms with Crippen molar-refractivity contribution in [3.05, 3.63) is 48.0 Å². The van der Waals surface area contributed by atoms with E-state index < -0.39 is 36.3 Å². The van der Waals surface area contributed by atoms with Crippen LogP contribution >= 0.6 is 0 Å². The first kappa shape index (κ1) is 23.5. The molecule has 2 aromatic heterocycles. The molecule has 12 nitrogen and oxygen atoms in total. The minimum Gasteiger partial charge on any atom is -0.479 e. The molecule has 4 heterocycles. The Morgan fingerprint density at radius 3 is 2.47 bits per heavy atom. The van der Waals surface area contributed by atoms with Crippen molar-refractivity contribution in [2.24, 2.45) is 0 Å². The second-order valence-corrected chi connectivity index (χ2v) is 10.5. The summed E-state index contributed by atoms with van der Waals surface area (Å²) < 4.78 is 20.4. The van der Waals surface area contributed by atoms with E-state index in [4.69, 9.17) is 14.2 Å². The minimum atomic E-state index is -1.22. The Kier molecular flexibility index (Phi) is 5.57. The van der Waals surface area contributed by atoms with Gasteiger partial charge in [0.15, 0.2) is 35.1 Å². The van der Waals surface area contributed by atoms with E-state index in [1.165, 1.54) is 19.1 Å².